The van der Waals surface area contributed by atoms with Gasteiger partial charge in [0.05, 0.1) is 13.5 Å². The lowest BCUT2D eigenvalue weighted by Crippen LogP contribution is -2.46. The Labute approximate surface area is 141 Å². The van der Waals surface area contributed by atoms with Crippen LogP contribution in [-0.2, 0) is 14.3 Å². The molecule has 1 aromatic carbocycles. The molecule has 23 heavy (non-hydrogen) atoms. The summed E-state index contributed by atoms with van der Waals surface area (Å²) in [6.45, 7) is 2.50. The summed E-state index contributed by atoms with van der Waals surface area (Å²) in [6.07, 6.45) is 3.02. The molecule has 0 spiro atoms. The number of piperidine rings is 1. The summed E-state index contributed by atoms with van der Waals surface area (Å²) in [5, 5.41) is 0.635. The molecule has 1 unspecified atom stereocenters. The lowest BCUT2D eigenvalue weighted by molar-refractivity contribution is -0.145. The van der Waals surface area contributed by atoms with E-state index in [1.54, 1.807) is 23.1 Å². The summed E-state index contributed by atoms with van der Waals surface area (Å²) in [6, 6.07) is 5.18. The molecule has 1 atom stereocenters. The zero-order valence-corrected chi connectivity index (χ0v) is 14.3. The van der Waals surface area contributed by atoms with Crippen molar-refractivity contribution in [1.82, 2.24) is 4.90 Å². The average Bonchev–Trinajstić information content (AvgIpc) is 2.54. The standard InChI is InChI=1S/C17H22ClNO4/c1-12-9-13(18)6-7-15(12)23-11-16(20)19-8-4-3-5-14(19)10-17(21)22-2/h6-7,9,14H,3-5,8,10-11H2,1-2H3. The van der Waals surface area contributed by atoms with Crippen LogP contribution >= 0.6 is 11.6 Å². The van der Waals surface area contributed by atoms with Gasteiger partial charge in [0, 0.05) is 17.6 Å². The van der Waals surface area contributed by atoms with Crippen LogP contribution < -0.4 is 4.74 Å². The minimum atomic E-state index is -0.288. The first-order valence-electron chi connectivity index (χ1n) is 7.76. The van der Waals surface area contributed by atoms with E-state index in [4.69, 9.17) is 21.1 Å². The number of esters is 1. The van der Waals surface area contributed by atoms with Crippen molar-refractivity contribution in [3.8, 4) is 5.75 Å². The predicted molar refractivity (Wildman–Crippen MR) is 87.7 cm³/mol. The first kappa shape index (κ1) is 17.6. The molecule has 0 saturated carbocycles. The van der Waals surface area contributed by atoms with Gasteiger partial charge in [-0.3, -0.25) is 9.59 Å². The van der Waals surface area contributed by atoms with Gasteiger partial charge in [0.25, 0.3) is 5.91 Å². The van der Waals surface area contributed by atoms with Gasteiger partial charge >= 0.3 is 5.97 Å². The zero-order valence-electron chi connectivity index (χ0n) is 13.5. The maximum atomic E-state index is 12.5. The van der Waals surface area contributed by atoms with Crippen molar-refractivity contribution in [2.24, 2.45) is 0 Å². The Bertz CT molecular complexity index is 576. The normalized spacial score (nSPS) is 17.7. The van der Waals surface area contributed by atoms with E-state index >= 15 is 0 Å². The van der Waals surface area contributed by atoms with E-state index in [0.717, 1.165) is 24.8 Å². The van der Waals surface area contributed by atoms with Gasteiger partial charge in [-0.1, -0.05) is 11.6 Å². The molecule has 1 aliphatic rings. The van der Waals surface area contributed by atoms with Crippen molar-refractivity contribution in [3.63, 3.8) is 0 Å². The lowest BCUT2D eigenvalue weighted by Gasteiger charge is -2.35. The third-order valence-electron chi connectivity index (χ3n) is 4.07. The predicted octanol–water partition coefficient (Wildman–Crippen LogP) is 2.97. The maximum absolute atomic E-state index is 12.5. The van der Waals surface area contributed by atoms with E-state index in [2.05, 4.69) is 0 Å². The molecule has 5 nitrogen and oxygen atoms in total. The Morgan fingerprint density at radius 1 is 1.35 bits per heavy atom. The molecule has 0 radical (unpaired) electrons. The number of likely N-dealkylation sites (tertiary alicyclic amines) is 1. The smallest absolute Gasteiger partial charge is 0.307 e. The van der Waals surface area contributed by atoms with Gasteiger partial charge in [0.1, 0.15) is 5.75 Å². The molecule has 1 fully saturated rings. The number of methoxy groups -OCH3 is 1. The summed E-state index contributed by atoms with van der Waals surface area (Å²) in [5.74, 6) is 0.251. The molecule has 126 valence electrons. The molecule has 1 saturated heterocycles. The van der Waals surface area contributed by atoms with E-state index in [9.17, 15) is 9.59 Å². The van der Waals surface area contributed by atoms with Crippen LogP contribution in [0.4, 0.5) is 0 Å². The van der Waals surface area contributed by atoms with Crippen molar-refractivity contribution in [2.75, 3.05) is 20.3 Å². The minimum absolute atomic E-state index is 0.0415. The Hall–Kier alpha value is -1.75. The highest BCUT2D eigenvalue weighted by molar-refractivity contribution is 6.30. The second kappa shape index (κ2) is 8.20. The number of carbonyl (C=O) groups excluding carboxylic acids is 2. The first-order chi connectivity index (χ1) is 11.0. The highest BCUT2D eigenvalue weighted by atomic mass is 35.5. The molecule has 1 heterocycles. The van der Waals surface area contributed by atoms with Gasteiger partial charge in [0.2, 0.25) is 0 Å². The van der Waals surface area contributed by atoms with Crippen molar-refractivity contribution < 1.29 is 19.1 Å². The van der Waals surface area contributed by atoms with Gasteiger partial charge in [-0.05, 0) is 49.9 Å². The number of hydrogen-bond donors (Lipinski definition) is 0. The van der Waals surface area contributed by atoms with Crippen LogP contribution in [0.25, 0.3) is 0 Å². The van der Waals surface area contributed by atoms with Gasteiger partial charge in [-0.2, -0.15) is 0 Å². The van der Waals surface area contributed by atoms with Gasteiger partial charge in [0.15, 0.2) is 6.61 Å². The second-order valence-electron chi connectivity index (χ2n) is 5.72. The molecule has 1 aromatic rings. The van der Waals surface area contributed by atoms with Crippen LogP contribution in [0.3, 0.4) is 0 Å². The molecule has 6 heteroatoms. The fraction of sp³-hybridized carbons (Fsp3) is 0.529. The number of benzene rings is 1. The summed E-state index contributed by atoms with van der Waals surface area (Å²) in [7, 11) is 1.36. The lowest BCUT2D eigenvalue weighted by atomic mass is 9.99. The molecular weight excluding hydrogens is 318 g/mol. The van der Waals surface area contributed by atoms with E-state index in [0.29, 0.717) is 17.3 Å². The maximum Gasteiger partial charge on any atom is 0.307 e. The van der Waals surface area contributed by atoms with Crippen LogP contribution in [-0.4, -0.2) is 43.1 Å². The second-order valence-corrected chi connectivity index (χ2v) is 6.15. The monoisotopic (exact) mass is 339 g/mol. The highest BCUT2D eigenvalue weighted by Gasteiger charge is 2.29. The third kappa shape index (κ3) is 4.86. The SMILES string of the molecule is COC(=O)CC1CCCCN1C(=O)COc1ccc(Cl)cc1C. The Morgan fingerprint density at radius 2 is 2.13 bits per heavy atom. The van der Waals surface area contributed by atoms with E-state index in [1.165, 1.54) is 7.11 Å². The Balaban J connectivity index is 1.95. The quantitative estimate of drug-likeness (QED) is 0.774. The fourth-order valence-electron chi connectivity index (χ4n) is 2.81. The van der Waals surface area contributed by atoms with Crippen molar-refractivity contribution in [3.05, 3.63) is 28.8 Å². The molecule has 0 bridgehead atoms. The third-order valence-corrected chi connectivity index (χ3v) is 4.30. The highest BCUT2D eigenvalue weighted by Crippen LogP contribution is 2.23. The number of rotatable bonds is 5. The van der Waals surface area contributed by atoms with Gasteiger partial charge in [-0.25, -0.2) is 0 Å². The number of aryl methyl sites for hydroxylation is 1. The average molecular weight is 340 g/mol. The van der Waals surface area contributed by atoms with Crippen LogP contribution in [0.2, 0.25) is 5.02 Å². The van der Waals surface area contributed by atoms with Crippen LogP contribution in [0.5, 0.6) is 5.75 Å². The molecular formula is C17H22ClNO4. The van der Waals surface area contributed by atoms with E-state index in [1.807, 2.05) is 6.92 Å². The number of amides is 1. The topological polar surface area (TPSA) is 55.8 Å². The molecule has 0 aliphatic carbocycles. The first-order valence-corrected chi connectivity index (χ1v) is 8.14. The minimum Gasteiger partial charge on any atom is -0.483 e. The molecule has 1 aliphatic heterocycles. The van der Waals surface area contributed by atoms with Crippen LogP contribution in [0, 0.1) is 6.92 Å². The van der Waals surface area contributed by atoms with Crippen LogP contribution in [0.15, 0.2) is 18.2 Å². The van der Waals surface area contributed by atoms with Gasteiger partial charge < -0.3 is 14.4 Å². The molecule has 2 rings (SSSR count). The van der Waals surface area contributed by atoms with Crippen molar-refractivity contribution in [1.29, 1.82) is 0 Å². The molecule has 1 amide bonds. The summed E-state index contributed by atoms with van der Waals surface area (Å²) in [4.78, 5) is 25.7. The van der Waals surface area contributed by atoms with Gasteiger partial charge in [-0.15, -0.1) is 0 Å². The fourth-order valence-corrected chi connectivity index (χ4v) is 3.04. The Kier molecular flexibility index (Phi) is 6.28. The largest absolute Gasteiger partial charge is 0.483 e. The Morgan fingerprint density at radius 3 is 2.83 bits per heavy atom. The molecule has 0 aromatic heterocycles. The molecule has 0 N–H and O–H groups in total. The number of ether oxygens (including phenoxy) is 2. The zero-order chi connectivity index (χ0) is 16.8. The van der Waals surface area contributed by atoms with E-state index < -0.39 is 0 Å². The number of hydrogen-bond acceptors (Lipinski definition) is 4. The number of halogens is 1. The van der Waals surface area contributed by atoms with Crippen molar-refractivity contribution >= 4 is 23.5 Å². The van der Waals surface area contributed by atoms with Crippen LogP contribution in [0.1, 0.15) is 31.2 Å². The summed E-state index contributed by atoms with van der Waals surface area (Å²) < 4.78 is 10.3. The number of carbonyl (C=O) groups is 2. The van der Waals surface area contributed by atoms with E-state index in [-0.39, 0.29) is 30.9 Å². The number of nitrogens with zero attached hydrogens (tertiary/aromatic N) is 1. The summed E-state index contributed by atoms with van der Waals surface area (Å²) >= 11 is 5.91. The summed E-state index contributed by atoms with van der Waals surface area (Å²) in [5.41, 5.74) is 0.884. The van der Waals surface area contributed by atoms with Crippen molar-refractivity contribution in [2.45, 2.75) is 38.6 Å².